The highest BCUT2D eigenvalue weighted by Crippen LogP contribution is 2.40. The minimum Gasteiger partial charge on any atom is -0.453 e. The van der Waals surface area contributed by atoms with Crippen molar-refractivity contribution in [3.05, 3.63) is 59.4 Å². The van der Waals surface area contributed by atoms with Gasteiger partial charge < -0.3 is 8.98 Å². The van der Waals surface area contributed by atoms with Gasteiger partial charge in [0.2, 0.25) is 0 Å². The van der Waals surface area contributed by atoms with E-state index in [1.807, 2.05) is 19.9 Å². The van der Waals surface area contributed by atoms with Crippen LogP contribution in [-0.4, -0.2) is 14.5 Å². The molecule has 140 valence electrons. The molecule has 0 aliphatic heterocycles. The Morgan fingerprint density at radius 1 is 0.929 bits per heavy atom. The van der Waals surface area contributed by atoms with Gasteiger partial charge in [0.05, 0.1) is 22.3 Å². The van der Waals surface area contributed by atoms with E-state index in [0.29, 0.717) is 0 Å². The highest BCUT2D eigenvalue weighted by molar-refractivity contribution is 6.11. The molecule has 3 aromatic heterocycles. The van der Waals surface area contributed by atoms with Crippen molar-refractivity contribution in [2.45, 2.75) is 40.7 Å². The van der Waals surface area contributed by atoms with Crippen molar-refractivity contribution in [3.63, 3.8) is 0 Å². The Hall–Kier alpha value is -3.14. The standard InChI is InChI=1S/C24H23N3O/c1-13(2)27-20-9-7-6-8-19(20)26-24(27)17-11-10-14(3)21-18-12-15(4)25-16(5)22(18)28-23(17)21/h6-13H,1-5H3. The molecule has 0 aliphatic carbocycles. The Labute approximate surface area is 163 Å². The van der Waals surface area contributed by atoms with Gasteiger partial charge >= 0.3 is 0 Å². The van der Waals surface area contributed by atoms with Crippen LogP contribution in [0.15, 0.2) is 46.9 Å². The SMILES string of the molecule is Cc1cc2c(oc3c(-c4nc5ccccc5n4C(C)C)ccc(C)c32)c(C)n1. The molecular weight excluding hydrogens is 346 g/mol. The number of pyridine rings is 1. The second kappa shape index (κ2) is 5.93. The van der Waals surface area contributed by atoms with Crippen LogP contribution >= 0.6 is 0 Å². The number of imidazole rings is 1. The number of rotatable bonds is 2. The Balaban J connectivity index is 1.94. The van der Waals surface area contributed by atoms with Gasteiger partial charge in [-0.25, -0.2) is 4.98 Å². The van der Waals surface area contributed by atoms with Gasteiger partial charge in [-0.15, -0.1) is 0 Å². The first-order valence-electron chi connectivity index (χ1n) is 9.73. The molecule has 4 heteroatoms. The fourth-order valence-electron chi connectivity index (χ4n) is 4.29. The second-order valence-corrected chi connectivity index (χ2v) is 7.85. The summed E-state index contributed by atoms with van der Waals surface area (Å²) in [6.45, 7) is 10.6. The average Bonchev–Trinajstić information content (AvgIpc) is 3.21. The number of furan rings is 1. The number of benzene rings is 2. The minimum atomic E-state index is 0.286. The van der Waals surface area contributed by atoms with Crippen molar-refractivity contribution in [1.82, 2.24) is 14.5 Å². The first-order chi connectivity index (χ1) is 13.5. The molecule has 5 rings (SSSR count). The first-order valence-corrected chi connectivity index (χ1v) is 9.73. The molecule has 2 aromatic carbocycles. The molecule has 0 bridgehead atoms. The smallest absolute Gasteiger partial charge is 0.156 e. The largest absolute Gasteiger partial charge is 0.453 e. The van der Waals surface area contributed by atoms with Gasteiger partial charge in [0.1, 0.15) is 11.4 Å². The number of para-hydroxylation sites is 2. The summed E-state index contributed by atoms with van der Waals surface area (Å²) in [6, 6.07) is 15.0. The number of hydrogen-bond acceptors (Lipinski definition) is 3. The zero-order valence-corrected chi connectivity index (χ0v) is 16.9. The molecule has 0 unspecified atom stereocenters. The van der Waals surface area contributed by atoms with Crippen molar-refractivity contribution in [2.75, 3.05) is 0 Å². The van der Waals surface area contributed by atoms with Crippen LogP contribution in [0.4, 0.5) is 0 Å². The maximum atomic E-state index is 6.42. The third-order valence-corrected chi connectivity index (χ3v) is 5.46. The summed E-state index contributed by atoms with van der Waals surface area (Å²) in [5, 5.41) is 2.29. The lowest BCUT2D eigenvalue weighted by Gasteiger charge is -2.13. The summed E-state index contributed by atoms with van der Waals surface area (Å²) < 4.78 is 8.71. The normalized spacial score (nSPS) is 12.1. The van der Waals surface area contributed by atoms with Gasteiger partial charge in [0.15, 0.2) is 5.58 Å². The predicted octanol–water partition coefficient (Wildman–Crippen LogP) is 6.50. The van der Waals surface area contributed by atoms with E-state index in [2.05, 4.69) is 66.7 Å². The topological polar surface area (TPSA) is 43.9 Å². The van der Waals surface area contributed by atoms with E-state index in [0.717, 1.165) is 55.7 Å². The van der Waals surface area contributed by atoms with Crippen LogP contribution in [0, 0.1) is 20.8 Å². The summed E-state index contributed by atoms with van der Waals surface area (Å²) in [7, 11) is 0. The quantitative estimate of drug-likeness (QED) is 0.356. The van der Waals surface area contributed by atoms with Crippen LogP contribution in [-0.2, 0) is 0 Å². The van der Waals surface area contributed by atoms with Crippen LogP contribution in [0.3, 0.4) is 0 Å². The average molecular weight is 369 g/mol. The molecule has 0 radical (unpaired) electrons. The Morgan fingerprint density at radius 2 is 1.71 bits per heavy atom. The number of hydrogen-bond donors (Lipinski definition) is 0. The number of nitrogens with zero attached hydrogens (tertiary/aromatic N) is 3. The zero-order valence-electron chi connectivity index (χ0n) is 16.9. The van der Waals surface area contributed by atoms with E-state index in [9.17, 15) is 0 Å². The highest BCUT2D eigenvalue weighted by atomic mass is 16.3. The van der Waals surface area contributed by atoms with Crippen molar-refractivity contribution in [1.29, 1.82) is 0 Å². The maximum absolute atomic E-state index is 6.42. The monoisotopic (exact) mass is 369 g/mol. The van der Waals surface area contributed by atoms with Crippen LogP contribution in [0.25, 0.3) is 44.4 Å². The Kier molecular flexibility index (Phi) is 3.60. The van der Waals surface area contributed by atoms with Crippen molar-refractivity contribution in [2.24, 2.45) is 0 Å². The van der Waals surface area contributed by atoms with E-state index in [4.69, 9.17) is 9.40 Å². The van der Waals surface area contributed by atoms with Gasteiger partial charge in [0, 0.05) is 22.5 Å². The summed E-state index contributed by atoms with van der Waals surface area (Å²) in [4.78, 5) is 9.58. The molecule has 0 amide bonds. The number of aromatic nitrogens is 3. The third-order valence-electron chi connectivity index (χ3n) is 5.46. The molecule has 0 saturated heterocycles. The predicted molar refractivity (Wildman–Crippen MR) is 115 cm³/mol. The van der Waals surface area contributed by atoms with Crippen molar-refractivity contribution >= 4 is 33.0 Å². The molecule has 28 heavy (non-hydrogen) atoms. The van der Waals surface area contributed by atoms with E-state index in [1.54, 1.807) is 0 Å². The van der Waals surface area contributed by atoms with Gasteiger partial charge in [-0.1, -0.05) is 18.2 Å². The summed E-state index contributed by atoms with van der Waals surface area (Å²) in [6.07, 6.45) is 0. The second-order valence-electron chi connectivity index (χ2n) is 7.85. The Bertz CT molecular complexity index is 1370. The van der Waals surface area contributed by atoms with Crippen molar-refractivity contribution in [3.8, 4) is 11.4 Å². The van der Waals surface area contributed by atoms with Gasteiger partial charge in [0.25, 0.3) is 0 Å². The van der Waals surface area contributed by atoms with E-state index in [1.165, 1.54) is 5.56 Å². The molecule has 3 heterocycles. The first kappa shape index (κ1) is 17.0. The van der Waals surface area contributed by atoms with E-state index in [-0.39, 0.29) is 6.04 Å². The molecule has 0 saturated carbocycles. The lowest BCUT2D eigenvalue weighted by Crippen LogP contribution is -2.03. The van der Waals surface area contributed by atoms with Gasteiger partial charge in [-0.05, 0) is 64.4 Å². The molecule has 0 aliphatic rings. The molecule has 0 fully saturated rings. The van der Waals surface area contributed by atoms with Crippen LogP contribution in [0.1, 0.15) is 36.8 Å². The Morgan fingerprint density at radius 3 is 2.50 bits per heavy atom. The molecule has 5 aromatic rings. The maximum Gasteiger partial charge on any atom is 0.156 e. The van der Waals surface area contributed by atoms with Crippen LogP contribution in [0.5, 0.6) is 0 Å². The van der Waals surface area contributed by atoms with Crippen LogP contribution < -0.4 is 0 Å². The summed E-state index contributed by atoms with van der Waals surface area (Å²) in [5.74, 6) is 0.947. The highest BCUT2D eigenvalue weighted by Gasteiger charge is 2.21. The van der Waals surface area contributed by atoms with Gasteiger partial charge in [-0.2, -0.15) is 0 Å². The number of aryl methyl sites for hydroxylation is 3. The zero-order chi connectivity index (χ0) is 19.6. The molecular formula is C24H23N3O. The minimum absolute atomic E-state index is 0.286. The van der Waals surface area contributed by atoms with E-state index >= 15 is 0 Å². The molecule has 0 atom stereocenters. The van der Waals surface area contributed by atoms with Crippen molar-refractivity contribution < 1.29 is 4.42 Å². The van der Waals surface area contributed by atoms with Crippen LogP contribution in [0.2, 0.25) is 0 Å². The third kappa shape index (κ3) is 2.30. The molecule has 0 spiro atoms. The fourth-order valence-corrected chi connectivity index (χ4v) is 4.29. The summed E-state index contributed by atoms with van der Waals surface area (Å²) in [5.41, 5.74) is 8.07. The van der Waals surface area contributed by atoms with E-state index < -0.39 is 0 Å². The molecule has 4 nitrogen and oxygen atoms in total. The number of fused-ring (bicyclic) bond motifs is 4. The fraction of sp³-hybridized carbons (Fsp3) is 0.250. The lowest BCUT2D eigenvalue weighted by molar-refractivity contribution is 0.622. The van der Waals surface area contributed by atoms with Gasteiger partial charge in [-0.3, -0.25) is 4.98 Å². The lowest BCUT2D eigenvalue weighted by atomic mass is 10.0. The summed E-state index contributed by atoms with van der Waals surface area (Å²) >= 11 is 0. The molecule has 0 N–H and O–H groups in total.